The molecule has 0 radical (unpaired) electrons. The van der Waals surface area contributed by atoms with Crippen LogP contribution in [0.5, 0.6) is 5.75 Å². The molecule has 30 heavy (non-hydrogen) atoms. The van der Waals surface area contributed by atoms with E-state index < -0.39 is 11.4 Å². The molecular formula is C22H22FN5O2. The molecule has 0 amide bonds. The molecule has 4 heterocycles. The lowest BCUT2D eigenvalue weighted by Gasteiger charge is -2.37. The Morgan fingerprint density at radius 3 is 2.63 bits per heavy atom. The van der Waals surface area contributed by atoms with Crippen molar-refractivity contribution >= 4 is 5.95 Å². The van der Waals surface area contributed by atoms with Crippen molar-refractivity contribution in [1.82, 2.24) is 20.4 Å². The summed E-state index contributed by atoms with van der Waals surface area (Å²) in [5.74, 6) is 0.878. The summed E-state index contributed by atoms with van der Waals surface area (Å²) in [5, 5.41) is 0. The van der Waals surface area contributed by atoms with Gasteiger partial charge in [-0.3, -0.25) is 4.98 Å². The van der Waals surface area contributed by atoms with Crippen LogP contribution in [-0.2, 0) is 16.8 Å². The fourth-order valence-corrected chi connectivity index (χ4v) is 4.69. The van der Waals surface area contributed by atoms with E-state index in [0.29, 0.717) is 25.6 Å². The monoisotopic (exact) mass is 407 g/mol. The number of hydrogen-bond acceptors (Lipinski definition) is 7. The molecule has 5 rings (SSSR count). The van der Waals surface area contributed by atoms with Crippen LogP contribution in [0.4, 0.5) is 10.3 Å². The summed E-state index contributed by atoms with van der Waals surface area (Å²) in [6.45, 7) is 1.76. The van der Waals surface area contributed by atoms with Crippen molar-refractivity contribution in [2.24, 2.45) is 5.41 Å². The van der Waals surface area contributed by atoms with Crippen LogP contribution in [0.2, 0.25) is 0 Å². The molecule has 2 saturated heterocycles. The van der Waals surface area contributed by atoms with E-state index in [2.05, 4.69) is 43.5 Å². The number of ether oxygens (including phenoxy) is 1. The van der Waals surface area contributed by atoms with Gasteiger partial charge in [0, 0.05) is 30.9 Å². The summed E-state index contributed by atoms with van der Waals surface area (Å²) in [5.41, 5.74) is 4.74. The van der Waals surface area contributed by atoms with E-state index in [0.717, 1.165) is 17.7 Å². The van der Waals surface area contributed by atoms with Crippen molar-refractivity contribution < 1.29 is 14.0 Å². The van der Waals surface area contributed by atoms with E-state index in [4.69, 9.17) is 9.57 Å². The van der Waals surface area contributed by atoms with Crippen LogP contribution >= 0.6 is 0 Å². The molecule has 8 heteroatoms. The molecule has 3 aromatic rings. The summed E-state index contributed by atoms with van der Waals surface area (Å²) >= 11 is 0. The molecule has 1 aromatic carbocycles. The van der Waals surface area contributed by atoms with E-state index in [1.807, 2.05) is 24.4 Å². The molecule has 2 fully saturated rings. The maximum Gasteiger partial charge on any atom is 0.225 e. The Bertz CT molecular complexity index is 1020. The molecule has 2 unspecified atom stereocenters. The number of halogens is 1. The number of anilines is 1. The molecule has 2 aromatic heterocycles. The van der Waals surface area contributed by atoms with Crippen molar-refractivity contribution in [3.63, 3.8) is 0 Å². The molecular weight excluding hydrogens is 385 g/mol. The van der Waals surface area contributed by atoms with E-state index in [-0.39, 0.29) is 5.41 Å². The zero-order valence-corrected chi connectivity index (χ0v) is 16.6. The van der Waals surface area contributed by atoms with Gasteiger partial charge in [0.1, 0.15) is 5.75 Å². The lowest BCUT2D eigenvalue weighted by Crippen LogP contribution is -2.50. The van der Waals surface area contributed by atoms with Gasteiger partial charge in [-0.2, -0.15) is 5.48 Å². The number of rotatable bonds is 5. The number of hydroxylamine groups is 1. The highest BCUT2D eigenvalue weighted by molar-refractivity contribution is 5.43. The average molecular weight is 407 g/mol. The summed E-state index contributed by atoms with van der Waals surface area (Å²) in [6.07, 6.45) is 6.81. The lowest BCUT2D eigenvalue weighted by atomic mass is 9.67. The first-order chi connectivity index (χ1) is 14.6. The van der Waals surface area contributed by atoms with Crippen LogP contribution in [0.25, 0.3) is 0 Å². The second-order valence-corrected chi connectivity index (χ2v) is 7.90. The Morgan fingerprint density at radius 1 is 1.13 bits per heavy atom. The summed E-state index contributed by atoms with van der Waals surface area (Å²) in [7, 11) is 1.66. The van der Waals surface area contributed by atoms with E-state index in [1.165, 1.54) is 18.0 Å². The van der Waals surface area contributed by atoms with Crippen molar-refractivity contribution in [1.29, 1.82) is 0 Å². The molecule has 0 spiro atoms. The van der Waals surface area contributed by atoms with Crippen LogP contribution in [-0.4, -0.2) is 41.8 Å². The SMILES string of the molecule is COc1ccc(CC23CONC2(c2cccnc2)CN(c2ncc(F)cn2)C3)cc1. The number of benzene rings is 1. The standard InChI is InChI=1S/C22H22FN5O2/c1-29-19-6-4-16(5-7-19)9-21-13-28(20-25-11-18(23)12-26-20)14-22(21,27-30-15-21)17-3-2-8-24-10-17/h2-8,10-12,27H,9,13-15H2,1H3. The molecule has 0 bridgehead atoms. The molecule has 2 aliphatic heterocycles. The predicted molar refractivity (Wildman–Crippen MR) is 108 cm³/mol. The highest BCUT2D eigenvalue weighted by Crippen LogP contribution is 2.52. The number of aromatic nitrogens is 3. The summed E-state index contributed by atoms with van der Waals surface area (Å²) in [4.78, 5) is 20.7. The first kappa shape index (κ1) is 18.9. The minimum Gasteiger partial charge on any atom is -0.497 e. The minimum atomic E-state index is -0.501. The Morgan fingerprint density at radius 2 is 1.93 bits per heavy atom. The highest BCUT2D eigenvalue weighted by Gasteiger charge is 2.63. The van der Waals surface area contributed by atoms with Crippen molar-refractivity contribution in [3.05, 3.63) is 78.1 Å². The number of methoxy groups -OCH3 is 1. The largest absolute Gasteiger partial charge is 0.497 e. The van der Waals surface area contributed by atoms with Crippen LogP contribution in [0.1, 0.15) is 11.1 Å². The third-order valence-corrected chi connectivity index (χ3v) is 6.17. The second kappa shape index (κ2) is 7.30. The molecule has 0 aliphatic carbocycles. The molecule has 7 nitrogen and oxygen atoms in total. The van der Waals surface area contributed by atoms with Gasteiger partial charge in [0.2, 0.25) is 5.95 Å². The van der Waals surface area contributed by atoms with E-state index >= 15 is 0 Å². The fourth-order valence-electron chi connectivity index (χ4n) is 4.69. The van der Waals surface area contributed by atoms with Gasteiger partial charge in [0.05, 0.1) is 31.6 Å². The molecule has 2 atom stereocenters. The first-order valence-electron chi connectivity index (χ1n) is 9.79. The number of nitrogens with one attached hydrogen (secondary N) is 1. The Hall–Kier alpha value is -3.10. The topological polar surface area (TPSA) is 72.4 Å². The smallest absolute Gasteiger partial charge is 0.225 e. The van der Waals surface area contributed by atoms with Gasteiger partial charge >= 0.3 is 0 Å². The maximum atomic E-state index is 13.4. The summed E-state index contributed by atoms with van der Waals surface area (Å²) < 4.78 is 18.7. The van der Waals surface area contributed by atoms with Gasteiger partial charge in [-0.15, -0.1) is 0 Å². The minimum absolute atomic E-state index is 0.289. The molecule has 2 aliphatic rings. The van der Waals surface area contributed by atoms with E-state index in [1.54, 1.807) is 13.3 Å². The highest BCUT2D eigenvalue weighted by atomic mass is 19.1. The van der Waals surface area contributed by atoms with Crippen LogP contribution < -0.4 is 15.1 Å². The van der Waals surface area contributed by atoms with Crippen LogP contribution in [0, 0.1) is 11.2 Å². The average Bonchev–Trinajstić information content (AvgIpc) is 3.28. The zero-order chi connectivity index (χ0) is 20.6. The number of hydrogen-bond donors (Lipinski definition) is 1. The Kier molecular flexibility index (Phi) is 4.60. The number of pyridine rings is 1. The normalized spacial score (nSPS) is 25.3. The third kappa shape index (κ3) is 3.00. The van der Waals surface area contributed by atoms with Gasteiger partial charge < -0.3 is 14.5 Å². The fraction of sp³-hybridized carbons (Fsp3) is 0.318. The van der Waals surface area contributed by atoms with Gasteiger partial charge in [0.25, 0.3) is 0 Å². The van der Waals surface area contributed by atoms with Gasteiger partial charge in [0.15, 0.2) is 5.82 Å². The van der Waals surface area contributed by atoms with Crippen LogP contribution in [0.3, 0.4) is 0 Å². The third-order valence-electron chi connectivity index (χ3n) is 6.17. The Labute approximate surface area is 173 Å². The zero-order valence-electron chi connectivity index (χ0n) is 16.6. The van der Waals surface area contributed by atoms with Crippen LogP contribution in [0.15, 0.2) is 61.2 Å². The van der Waals surface area contributed by atoms with Gasteiger partial charge in [-0.05, 0) is 35.7 Å². The van der Waals surface area contributed by atoms with Crippen molar-refractivity contribution in [3.8, 4) is 5.75 Å². The maximum absolute atomic E-state index is 13.4. The Balaban J connectivity index is 1.56. The van der Waals surface area contributed by atoms with Crippen molar-refractivity contribution in [2.45, 2.75) is 12.0 Å². The quantitative estimate of drug-likeness (QED) is 0.697. The van der Waals surface area contributed by atoms with E-state index in [9.17, 15) is 4.39 Å². The number of nitrogens with zero attached hydrogens (tertiary/aromatic N) is 4. The first-order valence-corrected chi connectivity index (χ1v) is 9.79. The number of fused-ring (bicyclic) bond motifs is 1. The summed E-state index contributed by atoms with van der Waals surface area (Å²) in [6, 6.07) is 12.1. The molecule has 154 valence electrons. The van der Waals surface area contributed by atoms with Crippen molar-refractivity contribution in [2.75, 3.05) is 31.7 Å². The predicted octanol–water partition coefficient (Wildman–Crippen LogP) is 2.50. The van der Waals surface area contributed by atoms with Gasteiger partial charge in [-0.1, -0.05) is 18.2 Å². The van der Waals surface area contributed by atoms with Gasteiger partial charge in [-0.25, -0.2) is 14.4 Å². The lowest BCUT2D eigenvalue weighted by molar-refractivity contribution is 0.0610. The second-order valence-electron chi connectivity index (χ2n) is 7.90. The molecule has 0 saturated carbocycles. The molecule has 1 N–H and O–H groups in total.